The van der Waals surface area contributed by atoms with Crippen molar-refractivity contribution < 1.29 is 24.5 Å². The fraction of sp³-hybridized carbons (Fsp3) is 0.458. The molecule has 0 aliphatic heterocycles. The van der Waals surface area contributed by atoms with Crippen LogP contribution in [0, 0.1) is 11.8 Å². The van der Waals surface area contributed by atoms with Gasteiger partial charge in [-0.1, -0.05) is 45.9 Å². The zero-order chi connectivity index (χ0) is 21.4. The van der Waals surface area contributed by atoms with Crippen LogP contribution in [0.2, 0.25) is 0 Å². The molecule has 5 nitrogen and oxygen atoms in total. The summed E-state index contributed by atoms with van der Waals surface area (Å²) in [5, 5.41) is 19.4. The average molecular weight is 401 g/mol. The molecule has 0 saturated carbocycles. The number of carbonyl (C=O) groups is 1. The van der Waals surface area contributed by atoms with E-state index < -0.39 is 5.97 Å². The van der Waals surface area contributed by atoms with E-state index in [2.05, 4.69) is 27.7 Å². The molecule has 158 valence electrons. The van der Waals surface area contributed by atoms with Crippen molar-refractivity contribution in [3.8, 4) is 17.2 Å². The largest absolute Gasteiger partial charge is 0.508 e. The fourth-order valence-electron chi connectivity index (χ4n) is 2.84. The second-order valence-corrected chi connectivity index (χ2v) is 8.21. The number of phenolic OH excluding ortho intramolecular Hbond substituents is 1. The van der Waals surface area contributed by atoms with Crippen molar-refractivity contribution in [3.63, 3.8) is 0 Å². The quantitative estimate of drug-likeness (QED) is 0.551. The minimum absolute atomic E-state index is 0.0502. The zero-order valence-electron chi connectivity index (χ0n) is 17.8. The van der Waals surface area contributed by atoms with E-state index in [-0.39, 0.29) is 12.2 Å². The first kappa shape index (κ1) is 22.6. The van der Waals surface area contributed by atoms with E-state index in [0.717, 1.165) is 22.4 Å². The Morgan fingerprint density at radius 2 is 1.62 bits per heavy atom. The van der Waals surface area contributed by atoms with Gasteiger partial charge in [0.25, 0.3) is 0 Å². The first-order valence-electron chi connectivity index (χ1n) is 10.2. The highest BCUT2D eigenvalue weighted by Gasteiger charge is 2.11. The van der Waals surface area contributed by atoms with E-state index in [1.165, 1.54) is 0 Å². The number of phenols is 1. The van der Waals surface area contributed by atoms with Gasteiger partial charge < -0.3 is 19.7 Å². The van der Waals surface area contributed by atoms with Crippen LogP contribution in [0.25, 0.3) is 0 Å². The SMILES string of the molecule is CC(C)COc1ccc(Cc2ccc(OCC(C)C)c(CCC(=O)O)c2)c(O)c1. The molecule has 0 spiro atoms. The van der Waals surface area contributed by atoms with Gasteiger partial charge in [-0.05, 0) is 47.1 Å². The van der Waals surface area contributed by atoms with Crippen LogP contribution in [0.4, 0.5) is 0 Å². The Labute approximate surface area is 173 Å². The van der Waals surface area contributed by atoms with Gasteiger partial charge in [0.2, 0.25) is 0 Å². The highest BCUT2D eigenvalue weighted by Crippen LogP contribution is 2.28. The maximum absolute atomic E-state index is 11.0. The van der Waals surface area contributed by atoms with E-state index >= 15 is 0 Å². The van der Waals surface area contributed by atoms with Crippen LogP contribution in [0.1, 0.15) is 50.8 Å². The van der Waals surface area contributed by atoms with E-state index in [1.807, 2.05) is 30.3 Å². The standard InChI is InChI=1S/C24H32O5/c1-16(2)14-28-21-8-6-19(22(25)13-21)11-18-5-9-23(29-15-17(3)4)20(12-18)7-10-24(26)27/h5-6,8-9,12-13,16-17,25H,7,10-11,14-15H2,1-4H3,(H,26,27). The molecule has 5 heteroatoms. The summed E-state index contributed by atoms with van der Waals surface area (Å²) >= 11 is 0. The van der Waals surface area contributed by atoms with Crippen molar-refractivity contribution in [3.05, 3.63) is 53.1 Å². The number of aromatic hydroxyl groups is 1. The smallest absolute Gasteiger partial charge is 0.303 e. The molecule has 0 aliphatic carbocycles. The molecule has 0 aromatic heterocycles. The summed E-state index contributed by atoms with van der Waals surface area (Å²) in [6.45, 7) is 9.47. The molecule has 0 fully saturated rings. The molecule has 0 radical (unpaired) electrons. The van der Waals surface area contributed by atoms with Crippen LogP contribution in [-0.4, -0.2) is 29.4 Å². The molecular weight excluding hydrogens is 368 g/mol. The van der Waals surface area contributed by atoms with Crippen LogP contribution in [0.5, 0.6) is 17.2 Å². The van der Waals surface area contributed by atoms with Gasteiger partial charge in [0.1, 0.15) is 17.2 Å². The fourth-order valence-corrected chi connectivity index (χ4v) is 2.84. The number of hydrogen-bond acceptors (Lipinski definition) is 4. The summed E-state index contributed by atoms with van der Waals surface area (Å²) in [6.07, 6.45) is 1.00. The Bertz CT molecular complexity index is 811. The third kappa shape index (κ3) is 7.68. The summed E-state index contributed by atoms with van der Waals surface area (Å²) in [6, 6.07) is 11.2. The van der Waals surface area contributed by atoms with Gasteiger partial charge >= 0.3 is 5.97 Å². The summed E-state index contributed by atoms with van der Waals surface area (Å²) in [7, 11) is 0. The molecule has 0 heterocycles. The van der Waals surface area contributed by atoms with E-state index in [9.17, 15) is 9.90 Å². The van der Waals surface area contributed by atoms with Gasteiger partial charge in [0, 0.05) is 18.9 Å². The molecule has 0 unspecified atom stereocenters. The number of carboxylic acids is 1. The third-order valence-electron chi connectivity index (χ3n) is 4.34. The monoisotopic (exact) mass is 400 g/mol. The molecule has 2 aromatic rings. The number of aliphatic carboxylic acids is 1. The predicted molar refractivity (Wildman–Crippen MR) is 114 cm³/mol. The number of carboxylic acid groups (broad SMARTS) is 1. The van der Waals surface area contributed by atoms with Gasteiger partial charge in [0.05, 0.1) is 13.2 Å². The van der Waals surface area contributed by atoms with Gasteiger partial charge in [-0.25, -0.2) is 0 Å². The zero-order valence-corrected chi connectivity index (χ0v) is 17.8. The lowest BCUT2D eigenvalue weighted by Crippen LogP contribution is -2.07. The molecule has 0 atom stereocenters. The van der Waals surface area contributed by atoms with Crippen molar-refractivity contribution in [2.75, 3.05) is 13.2 Å². The Kier molecular flexibility index (Phi) is 8.37. The first-order valence-corrected chi connectivity index (χ1v) is 10.2. The van der Waals surface area contributed by atoms with Crippen LogP contribution in [0.15, 0.2) is 36.4 Å². The second kappa shape index (κ2) is 10.7. The number of ether oxygens (including phenoxy) is 2. The Balaban J connectivity index is 2.16. The summed E-state index contributed by atoms with van der Waals surface area (Å²) in [5.74, 6) is 1.54. The molecule has 2 rings (SSSR count). The second-order valence-electron chi connectivity index (χ2n) is 8.21. The van der Waals surface area contributed by atoms with E-state index in [4.69, 9.17) is 14.6 Å². The van der Waals surface area contributed by atoms with Crippen LogP contribution in [0.3, 0.4) is 0 Å². The highest BCUT2D eigenvalue weighted by atomic mass is 16.5. The van der Waals surface area contributed by atoms with Crippen molar-refractivity contribution in [1.29, 1.82) is 0 Å². The Morgan fingerprint density at radius 3 is 2.24 bits per heavy atom. The number of aryl methyl sites for hydroxylation is 1. The van der Waals surface area contributed by atoms with Crippen molar-refractivity contribution in [1.82, 2.24) is 0 Å². The molecular formula is C24H32O5. The lowest BCUT2D eigenvalue weighted by Gasteiger charge is -2.15. The lowest BCUT2D eigenvalue weighted by molar-refractivity contribution is -0.136. The third-order valence-corrected chi connectivity index (χ3v) is 4.34. The minimum Gasteiger partial charge on any atom is -0.508 e. The van der Waals surface area contributed by atoms with Crippen LogP contribution in [-0.2, 0) is 17.6 Å². The van der Waals surface area contributed by atoms with Crippen LogP contribution >= 0.6 is 0 Å². The number of benzene rings is 2. The summed E-state index contributed by atoms with van der Waals surface area (Å²) in [5.41, 5.74) is 2.66. The molecule has 0 amide bonds. The van der Waals surface area contributed by atoms with Crippen molar-refractivity contribution in [2.45, 2.75) is 47.0 Å². The van der Waals surface area contributed by atoms with E-state index in [0.29, 0.717) is 43.6 Å². The summed E-state index contributed by atoms with van der Waals surface area (Å²) in [4.78, 5) is 11.0. The van der Waals surface area contributed by atoms with Gasteiger partial charge in [0.15, 0.2) is 0 Å². The van der Waals surface area contributed by atoms with Gasteiger partial charge in [-0.15, -0.1) is 0 Å². The topological polar surface area (TPSA) is 76.0 Å². The predicted octanol–water partition coefficient (Wildman–Crippen LogP) is 5.07. The molecule has 2 N–H and O–H groups in total. The molecule has 0 bridgehead atoms. The maximum Gasteiger partial charge on any atom is 0.303 e. The molecule has 29 heavy (non-hydrogen) atoms. The molecule has 0 aliphatic rings. The maximum atomic E-state index is 11.0. The Morgan fingerprint density at radius 1 is 0.931 bits per heavy atom. The lowest BCUT2D eigenvalue weighted by atomic mass is 9.99. The molecule has 2 aromatic carbocycles. The van der Waals surface area contributed by atoms with Crippen LogP contribution < -0.4 is 9.47 Å². The average Bonchev–Trinajstić information content (AvgIpc) is 2.65. The minimum atomic E-state index is -0.833. The Hall–Kier alpha value is -2.69. The summed E-state index contributed by atoms with van der Waals surface area (Å²) < 4.78 is 11.5. The molecule has 0 saturated heterocycles. The first-order chi connectivity index (χ1) is 13.7. The number of rotatable bonds is 11. The number of hydrogen-bond donors (Lipinski definition) is 2. The highest BCUT2D eigenvalue weighted by molar-refractivity contribution is 5.67. The van der Waals surface area contributed by atoms with Crippen molar-refractivity contribution in [2.24, 2.45) is 11.8 Å². The normalized spacial score (nSPS) is 11.1. The van der Waals surface area contributed by atoms with Gasteiger partial charge in [-0.2, -0.15) is 0 Å². The van der Waals surface area contributed by atoms with E-state index in [1.54, 1.807) is 6.07 Å². The van der Waals surface area contributed by atoms with Crippen molar-refractivity contribution >= 4 is 5.97 Å². The van der Waals surface area contributed by atoms with Gasteiger partial charge in [-0.3, -0.25) is 4.79 Å².